The molecule has 1 aliphatic rings. The Hall–Kier alpha value is -2.61. The first-order chi connectivity index (χ1) is 15.0. The molecule has 0 amide bonds. The number of nitrogens with one attached hydrogen (secondary N) is 2. The van der Waals surface area contributed by atoms with E-state index in [1.807, 2.05) is 37.6 Å². The van der Waals surface area contributed by atoms with E-state index in [-0.39, 0.29) is 0 Å². The Morgan fingerprint density at radius 3 is 2.58 bits per heavy atom. The maximum Gasteiger partial charge on any atom is 0.191 e. The summed E-state index contributed by atoms with van der Waals surface area (Å²) in [6.07, 6.45) is 4.49. The number of benzene rings is 1. The van der Waals surface area contributed by atoms with Crippen molar-refractivity contribution in [3.63, 3.8) is 0 Å². The third-order valence-corrected chi connectivity index (χ3v) is 6.00. The zero-order valence-electron chi connectivity index (χ0n) is 19.3. The van der Waals surface area contributed by atoms with Crippen molar-refractivity contribution in [2.75, 3.05) is 33.4 Å². The van der Waals surface area contributed by atoms with E-state index in [0.29, 0.717) is 12.0 Å². The van der Waals surface area contributed by atoms with Crippen molar-refractivity contribution in [1.29, 1.82) is 0 Å². The van der Waals surface area contributed by atoms with Gasteiger partial charge in [0.2, 0.25) is 0 Å². The smallest absolute Gasteiger partial charge is 0.191 e. The molecular formula is C23H36N6O2. The lowest BCUT2D eigenvalue weighted by Crippen LogP contribution is -2.41. The average molecular weight is 429 g/mol. The Kier molecular flexibility index (Phi) is 8.28. The molecule has 1 fully saturated rings. The van der Waals surface area contributed by atoms with Crippen LogP contribution in [0.4, 0.5) is 0 Å². The van der Waals surface area contributed by atoms with E-state index in [0.717, 1.165) is 62.5 Å². The predicted octanol–water partition coefficient (Wildman–Crippen LogP) is 2.62. The van der Waals surface area contributed by atoms with E-state index in [9.17, 15) is 0 Å². The van der Waals surface area contributed by atoms with Gasteiger partial charge in [0.25, 0.3) is 0 Å². The number of nitrogens with zero attached hydrogens (tertiary/aromatic N) is 4. The number of hydrogen-bond donors (Lipinski definition) is 2. The molecule has 8 heteroatoms. The molecule has 0 radical (unpaired) electrons. The number of aryl methyl sites for hydroxylation is 1. The predicted molar refractivity (Wildman–Crippen MR) is 122 cm³/mol. The third-order valence-electron chi connectivity index (χ3n) is 6.00. The Bertz CT molecular complexity index is 842. The minimum atomic E-state index is 0.342. The molecule has 0 atom stereocenters. The minimum absolute atomic E-state index is 0.342. The van der Waals surface area contributed by atoms with Crippen LogP contribution in [-0.2, 0) is 24.8 Å². The van der Waals surface area contributed by atoms with E-state index < -0.39 is 0 Å². The van der Waals surface area contributed by atoms with Gasteiger partial charge in [0.05, 0.1) is 7.11 Å². The lowest BCUT2D eigenvalue weighted by Gasteiger charge is -2.19. The van der Waals surface area contributed by atoms with Crippen LogP contribution in [0.2, 0.25) is 0 Å². The fraction of sp³-hybridized carbons (Fsp3) is 0.609. The molecule has 2 N–H and O–H groups in total. The average Bonchev–Trinajstić information content (AvgIpc) is 3.49. The molecule has 1 aromatic carbocycles. The van der Waals surface area contributed by atoms with Gasteiger partial charge in [-0.05, 0) is 62.6 Å². The minimum Gasteiger partial charge on any atom is -0.497 e. The molecule has 8 nitrogen and oxygen atoms in total. The Labute approximate surface area is 185 Å². The standard InChI is InChI=1S/C23H36N6O2/c1-5-31-15-13-23(11-12-23)17-26-22(25-16-21-28-27-18(2)29(21)3)24-14-10-19-6-8-20(30-4)9-7-19/h6-9H,5,10-17H2,1-4H3,(H2,24,25,26). The highest BCUT2D eigenvalue weighted by atomic mass is 16.5. The molecule has 1 saturated carbocycles. The van der Waals surface area contributed by atoms with Gasteiger partial charge in [0, 0.05) is 33.4 Å². The lowest BCUT2D eigenvalue weighted by atomic mass is 10.0. The van der Waals surface area contributed by atoms with E-state index in [2.05, 4.69) is 33.0 Å². The summed E-state index contributed by atoms with van der Waals surface area (Å²) < 4.78 is 12.8. The molecule has 1 heterocycles. The van der Waals surface area contributed by atoms with Crippen molar-refractivity contribution >= 4 is 5.96 Å². The van der Waals surface area contributed by atoms with E-state index in [1.54, 1.807) is 7.11 Å². The van der Waals surface area contributed by atoms with E-state index in [4.69, 9.17) is 14.5 Å². The number of aromatic nitrogens is 3. The van der Waals surface area contributed by atoms with Crippen LogP contribution in [-0.4, -0.2) is 54.1 Å². The second-order valence-electron chi connectivity index (χ2n) is 8.21. The van der Waals surface area contributed by atoms with Gasteiger partial charge in [-0.15, -0.1) is 10.2 Å². The van der Waals surface area contributed by atoms with Crippen molar-refractivity contribution in [3.8, 4) is 5.75 Å². The van der Waals surface area contributed by atoms with Crippen molar-refractivity contribution in [2.24, 2.45) is 17.5 Å². The monoisotopic (exact) mass is 428 g/mol. The third kappa shape index (κ3) is 6.95. The Morgan fingerprint density at radius 2 is 1.97 bits per heavy atom. The highest BCUT2D eigenvalue weighted by molar-refractivity contribution is 5.79. The molecule has 0 aliphatic heterocycles. The summed E-state index contributed by atoms with van der Waals surface area (Å²) >= 11 is 0. The van der Waals surface area contributed by atoms with Crippen LogP contribution < -0.4 is 15.4 Å². The molecule has 0 spiro atoms. The second-order valence-corrected chi connectivity index (χ2v) is 8.21. The van der Waals surface area contributed by atoms with Crippen LogP contribution in [0, 0.1) is 12.3 Å². The number of ether oxygens (including phenoxy) is 2. The summed E-state index contributed by atoms with van der Waals surface area (Å²) in [6, 6.07) is 8.18. The summed E-state index contributed by atoms with van der Waals surface area (Å²) in [5.74, 6) is 3.43. The highest BCUT2D eigenvalue weighted by Gasteiger charge is 2.41. The number of methoxy groups -OCH3 is 1. The SMILES string of the molecule is CCOCCC1(CNC(=NCc2nnc(C)n2C)NCCc2ccc(OC)cc2)CC1. The van der Waals surface area contributed by atoms with Crippen LogP contribution in [0.15, 0.2) is 29.3 Å². The first-order valence-electron chi connectivity index (χ1n) is 11.1. The highest BCUT2D eigenvalue weighted by Crippen LogP contribution is 2.48. The largest absolute Gasteiger partial charge is 0.497 e. The summed E-state index contributed by atoms with van der Waals surface area (Å²) in [6.45, 7) is 7.79. The zero-order valence-corrected chi connectivity index (χ0v) is 19.3. The van der Waals surface area contributed by atoms with Gasteiger partial charge in [-0.2, -0.15) is 0 Å². The topological polar surface area (TPSA) is 85.6 Å². The van der Waals surface area contributed by atoms with Crippen molar-refractivity contribution in [3.05, 3.63) is 41.5 Å². The van der Waals surface area contributed by atoms with Crippen LogP contribution in [0.3, 0.4) is 0 Å². The van der Waals surface area contributed by atoms with Gasteiger partial charge in [0.1, 0.15) is 18.1 Å². The Balaban J connectivity index is 1.56. The lowest BCUT2D eigenvalue weighted by molar-refractivity contribution is 0.128. The summed E-state index contributed by atoms with van der Waals surface area (Å²) in [5.41, 5.74) is 1.60. The molecule has 31 heavy (non-hydrogen) atoms. The second kappa shape index (κ2) is 11.1. The van der Waals surface area contributed by atoms with Gasteiger partial charge < -0.3 is 24.7 Å². The van der Waals surface area contributed by atoms with Crippen molar-refractivity contribution < 1.29 is 9.47 Å². The maximum absolute atomic E-state index is 5.57. The first kappa shape index (κ1) is 23.1. The zero-order chi connectivity index (χ0) is 22.1. The number of aliphatic imine (C=N–C) groups is 1. The fourth-order valence-corrected chi connectivity index (χ4v) is 3.43. The van der Waals surface area contributed by atoms with Crippen molar-refractivity contribution in [2.45, 2.75) is 46.1 Å². The molecule has 0 unspecified atom stereocenters. The fourth-order valence-electron chi connectivity index (χ4n) is 3.43. The Morgan fingerprint density at radius 1 is 1.19 bits per heavy atom. The summed E-state index contributed by atoms with van der Waals surface area (Å²) in [5, 5.41) is 15.4. The molecule has 1 aromatic heterocycles. The van der Waals surface area contributed by atoms with Gasteiger partial charge in [-0.3, -0.25) is 0 Å². The van der Waals surface area contributed by atoms with Crippen LogP contribution in [0.1, 0.15) is 43.4 Å². The number of rotatable bonds is 12. The van der Waals surface area contributed by atoms with E-state index in [1.165, 1.54) is 18.4 Å². The molecule has 170 valence electrons. The molecular weight excluding hydrogens is 392 g/mol. The quantitative estimate of drug-likeness (QED) is 0.307. The van der Waals surface area contributed by atoms with Crippen molar-refractivity contribution in [1.82, 2.24) is 25.4 Å². The van der Waals surface area contributed by atoms with Gasteiger partial charge in [-0.25, -0.2) is 4.99 Å². The molecule has 0 bridgehead atoms. The maximum atomic E-state index is 5.57. The van der Waals surface area contributed by atoms with Crippen LogP contribution in [0.5, 0.6) is 5.75 Å². The molecule has 2 aromatic rings. The summed E-state index contributed by atoms with van der Waals surface area (Å²) in [7, 11) is 3.65. The van der Waals surface area contributed by atoms with E-state index >= 15 is 0 Å². The van der Waals surface area contributed by atoms with Gasteiger partial charge in [-0.1, -0.05) is 12.1 Å². The molecule has 1 aliphatic carbocycles. The number of hydrogen-bond acceptors (Lipinski definition) is 5. The number of guanidine groups is 1. The molecule has 0 saturated heterocycles. The molecule has 3 rings (SSSR count). The van der Waals surface area contributed by atoms with Gasteiger partial charge in [0.15, 0.2) is 11.8 Å². The summed E-state index contributed by atoms with van der Waals surface area (Å²) in [4.78, 5) is 4.77. The first-order valence-corrected chi connectivity index (χ1v) is 11.1. The normalized spacial score (nSPS) is 15.0. The van der Waals surface area contributed by atoms with Crippen LogP contribution in [0.25, 0.3) is 0 Å². The van der Waals surface area contributed by atoms with Gasteiger partial charge >= 0.3 is 0 Å². The van der Waals surface area contributed by atoms with Crippen LogP contribution >= 0.6 is 0 Å².